The minimum absolute atomic E-state index is 0.295. The first-order valence-electron chi connectivity index (χ1n) is 6.30. The van der Waals surface area contributed by atoms with Crippen molar-refractivity contribution in [3.8, 4) is 0 Å². The Morgan fingerprint density at radius 1 is 1.50 bits per heavy atom. The Hall–Kier alpha value is -0.770. The number of ether oxygens (including phenoxy) is 1. The van der Waals surface area contributed by atoms with Crippen LogP contribution in [-0.2, 0) is 4.74 Å². The van der Waals surface area contributed by atoms with Crippen molar-refractivity contribution < 1.29 is 4.74 Å². The Bertz CT molecular complexity index is 214. The van der Waals surface area contributed by atoms with E-state index in [2.05, 4.69) is 29.5 Å². The van der Waals surface area contributed by atoms with Crippen LogP contribution in [0.5, 0.6) is 0 Å². The Balaban J connectivity index is 2.25. The number of hydrogen-bond donors (Lipinski definition) is 2. The molecular formula is C12H25N3O. The number of nitrogens with zero attached hydrogens (tertiary/aromatic N) is 1. The summed E-state index contributed by atoms with van der Waals surface area (Å²) in [5.41, 5.74) is 0. The van der Waals surface area contributed by atoms with Gasteiger partial charge in [-0.05, 0) is 26.2 Å². The van der Waals surface area contributed by atoms with Gasteiger partial charge >= 0.3 is 0 Å². The largest absolute Gasteiger partial charge is 0.383 e. The van der Waals surface area contributed by atoms with Gasteiger partial charge in [0.05, 0.1) is 6.61 Å². The fourth-order valence-corrected chi connectivity index (χ4v) is 1.61. The van der Waals surface area contributed by atoms with Crippen LogP contribution >= 0.6 is 0 Å². The molecule has 4 nitrogen and oxygen atoms in total. The van der Waals surface area contributed by atoms with E-state index >= 15 is 0 Å². The lowest BCUT2D eigenvalue weighted by Crippen LogP contribution is -2.44. The van der Waals surface area contributed by atoms with Crippen LogP contribution in [0.25, 0.3) is 0 Å². The number of hydrogen-bond acceptors (Lipinski definition) is 2. The molecule has 4 heteroatoms. The zero-order valence-electron chi connectivity index (χ0n) is 10.8. The molecule has 0 spiro atoms. The average Bonchev–Trinajstić information content (AvgIpc) is 3.02. The smallest absolute Gasteiger partial charge is 0.191 e. The van der Waals surface area contributed by atoms with Crippen molar-refractivity contribution in [2.75, 3.05) is 26.8 Å². The molecule has 0 radical (unpaired) electrons. The zero-order chi connectivity index (χ0) is 11.8. The molecule has 0 bridgehead atoms. The number of nitrogens with one attached hydrogen (secondary N) is 2. The molecule has 1 saturated carbocycles. The summed E-state index contributed by atoms with van der Waals surface area (Å²) in [6.45, 7) is 6.71. The normalized spacial score (nSPS) is 18.3. The van der Waals surface area contributed by atoms with Crippen LogP contribution in [0.3, 0.4) is 0 Å². The topological polar surface area (TPSA) is 45.7 Å². The van der Waals surface area contributed by atoms with Gasteiger partial charge in [-0.15, -0.1) is 0 Å². The summed E-state index contributed by atoms with van der Waals surface area (Å²) in [7, 11) is 1.72. The SMILES string of the molecule is CCNC(=NCCC1CC1)NC(C)COC. The molecule has 1 unspecified atom stereocenters. The predicted molar refractivity (Wildman–Crippen MR) is 67.8 cm³/mol. The van der Waals surface area contributed by atoms with Crippen LogP contribution in [-0.4, -0.2) is 38.8 Å². The number of aliphatic imine (C=N–C) groups is 1. The van der Waals surface area contributed by atoms with Gasteiger partial charge in [0.1, 0.15) is 0 Å². The van der Waals surface area contributed by atoms with E-state index in [-0.39, 0.29) is 0 Å². The molecule has 0 aromatic heterocycles. The van der Waals surface area contributed by atoms with Crippen molar-refractivity contribution in [1.82, 2.24) is 10.6 Å². The lowest BCUT2D eigenvalue weighted by atomic mass is 10.3. The van der Waals surface area contributed by atoms with Gasteiger partial charge in [-0.3, -0.25) is 4.99 Å². The van der Waals surface area contributed by atoms with Crippen LogP contribution in [0, 0.1) is 5.92 Å². The Kier molecular flexibility index (Phi) is 6.23. The van der Waals surface area contributed by atoms with Gasteiger partial charge in [-0.2, -0.15) is 0 Å². The first-order valence-corrected chi connectivity index (χ1v) is 6.30. The highest BCUT2D eigenvalue weighted by atomic mass is 16.5. The Morgan fingerprint density at radius 3 is 2.81 bits per heavy atom. The maximum Gasteiger partial charge on any atom is 0.191 e. The molecule has 0 saturated heterocycles. The molecular weight excluding hydrogens is 202 g/mol. The molecule has 1 aliphatic carbocycles. The summed E-state index contributed by atoms with van der Waals surface area (Å²) in [5.74, 6) is 1.86. The van der Waals surface area contributed by atoms with Crippen molar-refractivity contribution >= 4 is 5.96 Å². The van der Waals surface area contributed by atoms with E-state index in [4.69, 9.17) is 4.74 Å². The van der Waals surface area contributed by atoms with Gasteiger partial charge < -0.3 is 15.4 Å². The number of rotatable bonds is 7. The molecule has 0 aliphatic heterocycles. The number of guanidine groups is 1. The monoisotopic (exact) mass is 227 g/mol. The molecule has 1 aliphatic rings. The first-order chi connectivity index (χ1) is 7.76. The fraction of sp³-hybridized carbons (Fsp3) is 0.917. The third kappa shape index (κ3) is 5.95. The van der Waals surface area contributed by atoms with Crippen molar-refractivity contribution in [2.45, 2.75) is 39.2 Å². The summed E-state index contributed by atoms with van der Waals surface area (Å²) in [5, 5.41) is 6.58. The Morgan fingerprint density at radius 2 is 2.25 bits per heavy atom. The summed E-state index contributed by atoms with van der Waals surface area (Å²) < 4.78 is 5.09. The lowest BCUT2D eigenvalue weighted by Gasteiger charge is -2.16. The third-order valence-corrected chi connectivity index (χ3v) is 2.65. The maximum atomic E-state index is 5.09. The van der Waals surface area contributed by atoms with Gasteiger partial charge in [0.15, 0.2) is 5.96 Å². The molecule has 1 rings (SSSR count). The van der Waals surface area contributed by atoms with Crippen LogP contribution < -0.4 is 10.6 Å². The van der Waals surface area contributed by atoms with E-state index in [0.717, 1.165) is 25.0 Å². The zero-order valence-corrected chi connectivity index (χ0v) is 10.8. The molecule has 1 atom stereocenters. The minimum atomic E-state index is 0.295. The number of methoxy groups -OCH3 is 1. The van der Waals surface area contributed by atoms with E-state index in [9.17, 15) is 0 Å². The van der Waals surface area contributed by atoms with Gasteiger partial charge in [0.2, 0.25) is 0 Å². The van der Waals surface area contributed by atoms with Crippen molar-refractivity contribution in [1.29, 1.82) is 0 Å². The highest BCUT2D eigenvalue weighted by molar-refractivity contribution is 5.80. The quantitative estimate of drug-likeness (QED) is 0.510. The lowest BCUT2D eigenvalue weighted by molar-refractivity contribution is 0.179. The van der Waals surface area contributed by atoms with Crippen molar-refractivity contribution in [3.63, 3.8) is 0 Å². The summed E-state index contributed by atoms with van der Waals surface area (Å²) in [6, 6.07) is 0.295. The second-order valence-electron chi connectivity index (χ2n) is 4.49. The molecule has 16 heavy (non-hydrogen) atoms. The predicted octanol–water partition coefficient (Wildman–Crippen LogP) is 1.38. The van der Waals surface area contributed by atoms with Gasteiger partial charge in [-0.1, -0.05) is 12.8 Å². The van der Waals surface area contributed by atoms with Gasteiger partial charge in [0, 0.05) is 26.2 Å². The Labute approximate surface area is 98.9 Å². The van der Waals surface area contributed by atoms with Gasteiger partial charge in [0.25, 0.3) is 0 Å². The van der Waals surface area contributed by atoms with Gasteiger partial charge in [-0.25, -0.2) is 0 Å². The van der Waals surface area contributed by atoms with Crippen LogP contribution in [0.15, 0.2) is 4.99 Å². The molecule has 0 heterocycles. The molecule has 2 N–H and O–H groups in total. The summed E-state index contributed by atoms with van der Waals surface area (Å²) in [4.78, 5) is 4.55. The second kappa shape index (κ2) is 7.49. The average molecular weight is 227 g/mol. The van der Waals surface area contributed by atoms with E-state index in [1.807, 2.05) is 0 Å². The van der Waals surface area contributed by atoms with E-state index in [1.54, 1.807) is 7.11 Å². The van der Waals surface area contributed by atoms with E-state index < -0.39 is 0 Å². The molecule has 1 fully saturated rings. The summed E-state index contributed by atoms with van der Waals surface area (Å²) >= 11 is 0. The van der Waals surface area contributed by atoms with Crippen LogP contribution in [0.2, 0.25) is 0 Å². The minimum Gasteiger partial charge on any atom is -0.383 e. The first kappa shape index (κ1) is 13.3. The standard InChI is InChI=1S/C12H25N3O/c1-4-13-12(15-10(2)9-16-3)14-8-7-11-5-6-11/h10-11H,4-9H2,1-3H3,(H2,13,14,15). The van der Waals surface area contributed by atoms with Crippen LogP contribution in [0.4, 0.5) is 0 Å². The molecule has 0 aromatic rings. The van der Waals surface area contributed by atoms with E-state index in [0.29, 0.717) is 12.6 Å². The highest BCUT2D eigenvalue weighted by Crippen LogP contribution is 2.31. The summed E-state index contributed by atoms with van der Waals surface area (Å²) in [6.07, 6.45) is 4.04. The van der Waals surface area contributed by atoms with E-state index in [1.165, 1.54) is 19.3 Å². The highest BCUT2D eigenvalue weighted by Gasteiger charge is 2.20. The van der Waals surface area contributed by atoms with Crippen molar-refractivity contribution in [2.24, 2.45) is 10.9 Å². The van der Waals surface area contributed by atoms with Crippen molar-refractivity contribution in [3.05, 3.63) is 0 Å². The fourth-order valence-electron chi connectivity index (χ4n) is 1.61. The second-order valence-corrected chi connectivity index (χ2v) is 4.49. The third-order valence-electron chi connectivity index (χ3n) is 2.65. The molecule has 94 valence electrons. The van der Waals surface area contributed by atoms with Crippen LogP contribution in [0.1, 0.15) is 33.1 Å². The molecule has 0 amide bonds. The molecule has 0 aromatic carbocycles. The maximum absolute atomic E-state index is 5.09.